The number of aryl methyl sites for hydroxylation is 2. The number of nitrogens with zero attached hydrogens (tertiary/aromatic N) is 4. The molecular weight excluding hydrogens is 681 g/mol. The second-order valence-electron chi connectivity index (χ2n) is 14.6. The third kappa shape index (κ3) is 5.28. The Labute approximate surface area is 325 Å². The maximum absolute atomic E-state index is 10.5. The molecule has 262 valence electrons. The Balaban J connectivity index is 1.20. The largest absolute Gasteiger partial charge is 0.309 e. The van der Waals surface area contributed by atoms with Gasteiger partial charge in [-0.1, -0.05) is 120 Å². The van der Waals surface area contributed by atoms with Crippen LogP contribution in [0.25, 0.3) is 88.4 Å². The molecule has 4 nitrogen and oxygen atoms in total. The number of aromatic nitrogens is 2. The fourth-order valence-electron chi connectivity index (χ4n) is 8.49. The molecule has 0 bridgehead atoms. The Hall–Kier alpha value is -7.66. The van der Waals surface area contributed by atoms with Gasteiger partial charge < -0.3 is 9.13 Å². The Morgan fingerprint density at radius 2 is 0.768 bits per heavy atom. The molecule has 0 atom stereocenters. The van der Waals surface area contributed by atoms with Crippen LogP contribution in [0.5, 0.6) is 0 Å². The van der Waals surface area contributed by atoms with E-state index in [4.69, 9.17) is 0 Å². The van der Waals surface area contributed by atoms with Gasteiger partial charge in [-0.05, 0) is 96.8 Å². The first-order valence-corrected chi connectivity index (χ1v) is 18.8. The number of hydrogen-bond donors (Lipinski definition) is 0. The summed E-state index contributed by atoms with van der Waals surface area (Å²) in [6, 6.07) is 64.3. The molecule has 2 heterocycles. The molecule has 0 radical (unpaired) electrons. The molecule has 56 heavy (non-hydrogen) atoms. The molecule has 2 aromatic heterocycles. The van der Waals surface area contributed by atoms with E-state index in [2.05, 4.69) is 181 Å². The first-order valence-electron chi connectivity index (χ1n) is 18.8. The third-order valence-corrected chi connectivity index (χ3v) is 11.1. The Morgan fingerprint density at radius 3 is 1.20 bits per heavy atom. The van der Waals surface area contributed by atoms with Crippen LogP contribution >= 0.6 is 0 Å². The maximum Gasteiger partial charge on any atom is 0.0998 e. The predicted octanol–water partition coefficient (Wildman–Crippen LogP) is 13.2. The van der Waals surface area contributed by atoms with E-state index in [1.165, 1.54) is 11.1 Å². The van der Waals surface area contributed by atoms with Crippen LogP contribution in [0, 0.1) is 36.5 Å². The molecule has 8 aromatic carbocycles. The number of fused-ring (bicyclic) bond motifs is 6. The molecule has 0 N–H and O–H groups in total. The molecule has 0 fully saturated rings. The van der Waals surface area contributed by atoms with Gasteiger partial charge in [-0.3, -0.25) is 0 Å². The monoisotopic (exact) mass is 714 g/mol. The van der Waals surface area contributed by atoms with E-state index in [9.17, 15) is 10.5 Å². The minimum atomic E-state index is 0.507. The van der Waals surface area contributed by atoms with Crippen LogP contribution in [0.3, 0.4) is 0 Å². The molecule has 10 rings (SSSR count). The van der Waals surface area contributed by atoms with Gasteiger partial charge in [-0.15, -0.1) is 0 Å². The highest BCUT2D eigenvalue weighted by atomic mass is 15.0. The average molecular weight is 715 g/mol. The number of rotatable bonds is 5. The van der Waals surface area contributed by atoms with Gasteiger partial charge in [0.05, 0.1) is 45.3 Å². The lowest BCUT2D eigenvalue weighted by atomic mass is 9.95. The standard InChI is InChI=1S/C52H34N4/c1-33-9-7-11-35(25-33)37-19-23-45-43-13-3-5-15-49(43)55(51(45)27-37)41-21-17-39(31-53)47(29-41)48-30-42(22-18-40(48)32-54)56-50-16-6-4-14-44(50)46-24-20-38(28-52(46)56)36-12-8-10-34(2)26-36/h3-30H,1-2H3. The summed E-state index contributed by atoms with van der Waals surface area (Å²) in [5, 5.41) is 25.7. The first-order chi connectivity index (χ1) is 27.5. The van der Waals surface area contributed by atoms with Crippen molar-refractivity contribution in [2.24, 2.45) is 0 Å². The van der Waals surface area contributed by atoms with Crippen molar-refractivity contribution in [2.75, 3.05) is 0 Å². The Bertz CT molecular complexity index is 3080. The smallest absolute Gasteiger partial charge is 0.0998 e. The summed E-state index contributed by atoms with van der Waals surface area (Å²) in [6.45, 7) is 4.23. The van der Waals surface area contributed by atoms with E-state index in [1.807, 2.05) is 24.3 Å². The summed E-state index contributed by atoms with van der Waals surface area (Å²) >= 11 is 0. The first kappa shape index (κ1) is 32.9. The SMILES string of the molecule is Cc1cccc(-c2ccc3c4ccccc4n(-c4ccc(C#N)c(-c5cc(-n6c7ccccc7c7ccc(-c8cccc(C)c8)cc76)ccc5C#N)c4)c3c2)c1. The zero-order valence-electron chi connectivity index (χ0n) is 31.0. The highest BCUT2D eigenvalue weighted by Gasteiger charge is 2.19. The Kier molecular flexibility index (Phi) is 7.66. The molecule has 0 spiro atoms. The maximum atomic E-state index is 10.5. The number of benzene rings is 8. The van der Waals surface area contributed by atoms with Crippen molar-refractivity contribution in [1.82, 2.24) is 9.13 Å². The summed E-state index contributed by atoms with van der Waals surface area (Å²) < 4.78 is 4.56. The zero-order valence-corrected chi connectivity index (χ0v) is 31.0. The Morgan fingerprint density at radius 1 is 0.357 bits per heavy atom. The molecule has 0 saturated carbocycles. The van der Waals surface area contributed by atoms with Crippen LogP contribution in [0.2, 0.25) is 0 Å². The lowest BCUT2D eigenvalue weighted by Gasteiger charge is -2.15. The van der Waals surface area contributed by atoms with E-state index in [-0.39, 0.29) is 0 Å². The van der Waals surface area contributed by atoms with Crippen molar-refractivity contribution in [1.29, 1.82) is 10.5 Å². The molecule has 0 aliphatic rings. The van der Waals surface area contributed by atoms with Crippen molar-refractivity contribution in [3.8, 4) is 56.9 Å². The van der Waals surface area contributed by atoms with Gasteiger partial charge in [0, 0.05) is 44.0 Å². The van der Waals surface area contributed by atoms with Crippen LogP contribution < -0.4 is 0 Å². The van der Waals surface area contributed by atoms with Crippen LogP contribution in [-0.2, 0) is 0 Å². The molecule has 4 heteroatoms. The van der Waals surface area contributed by atoms with Gasteiger partial charge in [0.25, 0.3) is 0 Å². The molecule has 10 aromatic rings. The van der Waals surface area contributed by atoms with E-state index in [1.54, 1.807) is 0 Å². The van der Waals surface area contributed by atoms with Gasteiger partial charge in [-0.2, -0.15) is 10.5 Å². The van der Waals surface area contributed by atoms with Gasteiger partial charge in [0.15, 0.2) is 0 Å². The summed E-state index contributed by atoms with van der Waals surface area (Å²) in [5.74, 6) is 0. The zero-order chi connectivity index (χ0) is 37.9. The average Bonchev–Trinajstić information content (AvgIpc) is 3.75. The summed E-state index contributed by atoms with van der Waals surface area (Å²) in [5.41, 5.74) is 15.6. The number of para-hydroxylation sites is 2. The van der Waals surface area contributed by atoms with Gasteiger partial charge in [0.1, 0.15) is 0 Å². The summed E-state index contributed by atoms with van der Waals surface area (Å²) in [7, 11) is 0. The predicted molar refractivity (Wildman–Crippen MR) is 230 cm³/mol. The fraction of sp³-hybridized carbons (Fsp3) is 0.0385. The lowest BCUT2D eigenvalue weighted by Crippen LogP contribution is -1.99. The van der Waals surface area contributed by atoms with Crippen molar-refractivity contribution in [3.63, 3.8) is 0 Å². The number of nitriles is 2. The highest BCUT2D eigenvalue weighted by molar-refractivity contribution is 6.11. The molecule has 0 saturated heterocycles. The quantitative estimate of drug-likeness (QED) is 0.178. The van der Waals surface area contributed by atoms with Crippen molar-refractivity contribution < 1.29 is 0 Å². The van der Waals surface area contributed by atoms with E-state index < -0.39 is 0 Å². The summed E-state index contributed by atoms with van der Waals surface area (Å²) in [6.07, 6.45) is 0. The van der Waals surface area contributed by atoms with Crippen LogP contribution in [0.1, 0.15) is 22.3 Å². The fourth-order valence-corrected chi connectivity index (χ4v) is 8.49. The highest BCUT2D eigenvalue weighted by Crippen LogP contribution is 2.40. The van der Waals surface area contributed by atoms with Gasteiger partial charge in [-0.25, -0.2) is 0 Å². The third-order valence-electron chi connectivity index (χ3n) is 11.1. The minimum Gasteiger partial charge on any atom is -0.309 e. The van der Waals surface area contributed by atoms with E-state index >= 15 is 0 Å². The lowest BCUT2D eigenvalue weighted by molar-refractivity contribution is 1.17. The number of hydrogen-bond acceptors (Lipinski definition) is 2. The topological polar surface area (TPSA) is 57.4 Å². The molecule has 0 aliphatic carbocycles. The second kappa shape index (κ2) is 13.0. The summed E-state index contributed by atoms with van der Waals surface area (Å²) in [4.78, 5) is 0. The van der Waals surface area contributed by atoms with Crippen molar-refractivity contribution in [2.45, 2.75) is 13.8 Å². The van der Waals surface area contributed by atoms with E-state index in [0.717, 1.165) is 77.2 Å². The van der Waals surface area contributed by atoms with Crippen molar-refractivity contribution >= 4 is 43.6 Å². The van der Waals surface area contributed by atoms with Gasteiger partial charge >= 0.3 is 0 Å². The van der Waals surface area contributed by atoms with Gasteiger partial charge in [0.2, 0.25) is 0 Å². The van der Waals surface area contributed by atoms with Crippen LogP contribution in [0.15, 0.2) is 170 Å². The van der Waals surface area contributed by atoms with Crippen LogP contribution in [-0.4, -0.2) is 9.13 Å². The molecule has 0 unspecified atom stereocenters. The molecular formula is C52H34N4. The molecule has 0 aliphatic heterocycles. The van der Waals surface area contributed by atoms with Crippen LogP contribution in [0.4, 0.5) is 0 Å². The van der Waals surface area contributed by atoms with Crippen molar-refractivity contribution in [3.05, 3.63) is 192 Å². The minimum absolute atomic E-state index is 0.507. The second-order valence-corrected chi connectivity index (χ2v) is 14.6. The molecule has 0 amide bonds. The van der Waals surface area contributed by atoms with E-state index in [0.29, 0.717) is 22.3 Å². The normalized spacial score (nSPS) is 11.4.